The maximum absolute atomic E-state index is 13.0. The van der Waals surface area contributed by atoms with Gasteiger partial charge in [-0.2, -0.15) is 9.57 Å². The van der Waals surface area contributed by atoms with Gasteiger partial charge in [0.2, 0.25) is 21.2 Å². The van der Waals surface area contributed by atoms with Gasteiger partial charge in [-0.25, -0.2) is 12.8 Å². The molecule has 0 atom stereocenters. The normalized spacial score (nSPS) is 15.0. The fourth-order valence-corrected chi connectivity index (χ4v) is 5.58. The average molecular weight is 518 g/mol. The lowest BCUT2D eigenvalue weighted by Gasteiger charge is -2.33. The molecule has 0 bridgehead atoms. The molecule has 3 aromatic rings. The first-order valence-corrected chi connectivity index (χ1v) is 12.5. The number of piperazine rings is 1. The predicted molar refractivity (Wildman–Crippen MR) is 126 cm³/mol. The molecule has 0 saturated carbocycles. The third-order valence-electron chi connectivity index (χ3n) is 5.55. The SMILES string of the molecule is N#Cc1ccc(S(=O)(=O)N2CCN(Cc3cc(=O)c(OCc4ccc(F)cc4)co3)CC2)c(Cl)c1. The maximum atomic E-state index is 13.0. The molecular formula is C24H21ClFN3O5S. The Hall–Kier alpha value is -3.23. The van der Waals surface area contributed by atoms with Gasteiger partial charge in [-0.1, -0.05) is 23.7 Å². The number of sulfonamides is 1. The summed E-state index contributed by atoms with van der Waals surface area (Å²) < 4.78 is 51.3. The first-order valence-electron chi connectivity index (χ1n) is 10.7. The van der Waals surface area contributed by atoms with Gasteiger partial charge in [-0.3, -0.25) is 9.69 Å². The van der Waals surface area contributed by atoms with Crippen LogP contribution in [0.1, 0.15) is 16.9 Å². The Morgan fingerprint density at radius 1 is 1.09 bits per heavy atom. The summed E-state index contributed by atoms with van der Waals surface area (Å²) in [7, 11) is -3.80. The van der Waals surface area contributed by atoms with Crippen molar-refractivity contribution in [3.63, 3.8) is 0 Å². The molecule has 0 aliphatic carbocycles. The van der Waals surface area contributed by atoms with Crippen LogP contribution in [0.4, 0.5) is 4.39 Å². The maximum Gasteiger partial charge on any atom is 0.244 e. The molecule has 182 valence electrons. The van der Waals surface area contributed by atoms with Crippen molar-refractivity contribution in [1.82, 2.24) is 9.21 Å². The van der Waals surface area contributed by atoms with E-state index in [0.29, 0.717) is 31.0 Å². The van der Waals surface area contributed by atoms with Crippen LogP contribution in [0, 0.1) is 17.1 Å². The number of nitrogens with zero attached hydrogens (tertiary/aromatic N) is 3. The average Bonchev–Trinajstić information content (AvgIpc) is 2.84. The topological polar surface area (TPSA) is 104 Å². The Bertz CT molecular complexity index is 1410. The molecular weight excluding hydrogens is 497 g/mol. The van der Waals surface area contributed by atoms with Crippen molar-refractivity contribution in [2.45, 2.75) is 18.0 Å². The summed E-state index contributed by atoms with van der Waals surface area (Å²) in [5.41, 5.74) is 0.655. The standard InChI is InChI=1S/C24H21ClFN3O5S/c25-21-11-18(13-27)3-6-24(21)35(31,32)29-9-7-28(8-10-29)14-20-12-22(30)23(16-33-20)34-15-17-1-4-19(26)5-2-17/h1-6,11-12,16H,7-10,14-15H2. The van der Waals surface area contributed by atoms with Crippen LogP contribution in [-0.2, 0) is 23.2 Å². The van der Waals surface area contributed by atoms with Crippen LogP contribution in [0.5, 0.6) is 5.75 Å². The quantitative estimate of drug-likeness (QED) is 0.473. The van der Waals surface area contributed by atoms with Crippen molar-refractivity contribution >= 4 is 21.6 Å². The number of hydrogen-bond donors (Lipinski definition) is 0. The molecule has 11 heteroatoms. The zero-order valence-corrected chi connectivity index (χ0v) is 20.1. The molecule has 1 aliphatic rings. The summed E-state index contributed by atoms with van der Waals surface area (Å²) in [6.45, 7) is 1.77. The largest absolute Gasteiger partial charge is 0.482 e. The van der Waals surface area contributed by atoms with Gasteiger partial charge in [0.05, 0.1) is 23.2 Å². The summed E-state index contributed by atoms with van der Waals surface area (Å²) in [5.74, 6) is 0.123. The first-order chi connectivity index (χ1) is 16.8. The van der Waals surface area contributed by atoms with Crippen LogP contribution < -0.4 is 10.2 Å². The van der Waals surface area contributed by atoms with Crippen LogP contribution in [0.15, 0.2) is 68.9 Å². The Labute approximate surface area is 206 Å². The van der Waals surface area contributed by atoms with Crippen molar-refractivity contribution in [2.75, 3.05) is 26.2 Å². The number of benzene rings is 2. The minimum absolute atomic E-state index is 0.00925. The van der Waals surface area contributed by atoms with E-state index in [9.17, 15) is 17.6 Å². The number of hydrogen-bond acceptors (Lipinski definition) is 7. The van der Waals surface area contributed by atoms with Crippen molar-refractivity contribution in [3.05, 3.63) is 92.7 Å². The Morgan fingerprint density at radius 2 is 1.80 bits per heavy atom. The molecule has 8 nitrogen and oxygen atoms in total. The molecule has 0 spiro atoms. The van der Waals surface area contributed by atoms with Gasteiger partial charge in [-0.15, -0.1) is 0 Å². The first kappa shape index (κ1) is 24.9. The lowest BCUT2D eigenvalue weighted by atomic mass is 10.2. The van der Waals surface area contributed by atoms with Crippen molar-refractivity contribution in [3.8, 4) is 11.8 Å². The second-order valence-corrected chi connectivity index (χ2v) is 10.2. The molecule has 0 radical (unpaired) electrons. The highest BCUT2D eigenvalue weighted by Crippen LogP contribution is 2.26. The zero-order valence-electron chi connectivity index (χ0n) is 18.5. The number of ether oxygens (including phenoxy) is 1. The summed E-state index contributed by atoms with van der Waals surface area (Å²) in [5, 5.41) is 8.96. The molecule has 2 aromatic carbocycles. The van der Waals surface area contributed by atoms with Gasteiger partial charge < -0.3 is 9.15 Å². The molecule has 2 heterocycles. The minimum atomic E-state index is -3.80. The second kappa shape index (κ2) is 10.6. The van der Waals surface area contributed by atoms with Gasteiger partial charge in [0, 0.05) is 32.2 Å². The van der Waals surface area contributed by atoms with Crippen LogP contribution in [-0.4, -0.2) is 43.8 Å². The van der Waals surface area contributed by atoms with Crippen LogP contribution in [0.2, 0.25) is 5.02 Å². The van der Waals surface area contributed by atoms with E-state index < -0.39 is 10.0 Å². The number of nitriles is 1. The van der Waals surface area contributed by atoms with Gasteiger partial charge in [0.1, 0.15) is 29.3 Å². The van der Waals surface area contributed by atoms with Crippen LogP contribution >= 0.6 is 11.6 Å². The Kier molecular flexibility index (Phi) is 7.52. The molecule has 1 saturated heterocycles. The predicted octanol–water partition coefficient (Wildman–Crippen LogP) is 3.39. The van der Waals surface area contributed by atoms with E-state index in [0.717, 1.165) is 0 Å². The highest BCUT2D eigenvalue weighted by Gasteiger charge is 2.30. The Morgan fingerprint density at radius 3 is 2.43 bits per heavy atom. The molecule has 4 rings (SSSR count). The van der Waals surface area contributed by atoms with E-state index in [1.165, 1.54) is 47.0 Å². The lowest BCUT2D eigenvalue weighted by Crippen LogP contribution is -2.48. The molecule has 1 aromatic heterocycles. The van der Waals surface area contributed by atoms with E-state index in [-0.39, 0.29) is 52.2 Å². The summed E-state index contributed by atoms with van der Waals surface area (Å²) >= 11 is 6.10. The van der Waals surface area contributed by atoms with E-state index >= 15 is 0 Å². The van der Waals surface area contributed by atoms with Crippen LogP contribution in [0.3, 0.4) is 0 Å². The molecule has 1 aliphatic heterocycles. The van der Waals surface area contributed by atoms with Gasteiger partial charge in [-0.05, 0) is 35.9 Å². The molecule has 0 N–H and O–H groups in total. The Balaban J connectivity index is 1.34. The summed E-state index contributed by atoms with van der Waals surface area (Å²) in [6.07, 6.45) is 1.24. The molecule has 0 unspecified atom stereocenters. The lowest BCUT2D eigenvalue weighted by molar-refractivity contribution is 0.169. The van der Waals surface area contributed by atoms with Crippen LogP contribution in [0.25, 0.3) is 0 Å². The van der Waals surface area contributed by atoms with E-state index in [2.05, 4.69) is 0 Å². The molecule has 1 fully saturated rings. The number of halogens is 2. The van der Waals surface area contributed by atoms with Gasteiger partial charge >= 0.3 is 0 Å². The van der Waals surface area contributed by atoms with E-state index in [4.69, 9.17) is 26.0 Å². The highest BCUT2D eigenvalue weighted by atomic mass is 35.5. The van der Waals surface area contributed by atoms with Gasteiger partial charge in [0.15, 0.2) is 0 Å². The smallest absolute Gasteiger partial charge is 0.244 e. The second-order valence-electron chi connectivity index (χ2n) is 7.93. The zero-order chi connectivity index (χ0) is 25.0. The number of rotatable bonds is 7. The monoisotopic (exact) mass is 517 g/mol. The van der Waals surface area contributed by atoms with Crippen molar-refractivity contribution in [1.29, 1.82) is 5.26 Å². The molecule has 35 heavy (non-hydrogen) atoms. The fraction of sp³-hybridized carbons (Fsp3) is 0.250. The van der Waals surface area contributed by atoms with Crippen molar-refractivity contribution in [2.24, 2.45) is 0 Å². The fourth-order valence-electron chi connectivity index (χ4n) is 3.64. The van der Waals surface area contributed by atoms with Gasteiger partial charge in [0.25, 0.3) is 0 Å². The summed E-state index contributed by atoms with van der Waals surface area (Å²) in [6, 6.07) is 13.1. The summed E-state index contributed by atoms with van der Waals surface area (Å²) in [4.78, 5) is 14.3. The molecule has 0 amide bonds. The van der Waals surface area contributed by atoms with E-state index in [1.54, 1.807) is 12.1 Å². The van der Waals surface area contributed by atoms with Crippen molar-refractivity contribution < 1.29 is 22.0 Å². The third-order valence-corrected chi connectivity index (χ3v) is 7.93. The highest BCUT2D eigenvalue weighted by molar-refractivity contribution is 7.89. The van der Waals surface area contributed by atoms with E-state index in [1.807, 2.05) is 11.0 Å². The minimum Gasteiger partial charge on any atom is -0.482 e. The third kappa shape index (κ3) is 5.89.